The quantitative estimate of drug-likeness (QED) is 0.260. The summed E-state index contributed by atoms with van der Waals surface area (Å²) in [6.07, 6.45) is 1.14. The number of nitrogens with zero attached hydrogens (tertiary/aromatic N) is 3. The van der Waals surface area contributed by atoms with E-state index in [1.54, 1.807) is 27.9 Å². The lowest BCUT2D eigenvalue weighted by Gasteiger charge is -2.30. The molecular weight excluding hydrogens is 519 g/mol. The number of nitrogens with one attached hydrogen (secondary N) is 1. The average molecular weight is 549 g/mol. The molecule has 2 atom stereocenters. The number of anilines is 1. The Kier molecular flexibility index (Phi) is 6.75. The van der Waals surface area contributed by atoms with E-state index in [2.05, 4.69) is 10.4 Å². The van der Waals surface area contributed by atoms with Gasteiger partial charge >= 0.3 is 6.09 Å². The summed E-state index contributed by atoms with van der Waals surface area (Å²) in [5.41, 5.74) is 3.07. The van der Waals surface area contributed by atoms with Gasteiger partial charge in [-0.15, -0.1) is 0 Å². The molecule has 2 heterocycles. The molecule has 1 fully saturated rings. The Hall–Kier alpha value is -4.98. The van der Waals surface area contributed by atoms with Crippen molar-refractivity contribution in [2.75, 3.05) is 4.90 Å². The zero-order valence-corrected chi connectivity index (χ0v) is 22.7. The fourth-order valence-electron chi connectivity index (χ4n) is 5.49. The zero-order valence-electron chi connectivity index (χ0n) is 22.7. The Bertz CT molecular complexity index is 1700. The summed E-state index contributed by atoms with van der Waals surface area (Å²) >= 11 is 0. The van der Waals surface area contributed by atoms with E-state index < -0.39 is 23.6 Å². The maximum absolute atomic E-state index is 14.1. The van der Waals surface area contributed by atoms with Crippen LogP contribution in [0.5, 0.6) is 0 Å². The lowest BCUT2D eigenvalue weighted by molar-refractivity contribution is -0.124. The molecule has 1 aliphatic heterocycles. The second kappa shape index (κ2) is 10.5. The number of amides is 2. The molecule has 41 heavy (non-hydrogen) atoms. The maximum Gasteiger partial charge on any atom is 0.407 e. The largest absolute Gasteiger partial charge is 0.445 e. The minimum atomic E-state index is -0.931. The molecule has 1 N–H and O–H groups in total. The summed E-state index contributed by atoms with van der Waals surface area (Å²) in [7, 11) is 0. The van der Waals surface area contributed by atoms with Crippen LogP contribution in [0.1, 0.15) is 31.0 Å². The van der Waals surface area contributed by atoms with Gasteiger partial charge in [0.2, 0.25) is 5.91 Å². The summed E-state index contributed by atoms with van der Waals surface area (Å²) in [6, 6.07) is 29.9. The van der Waals surface area contributed by atoms with Crippen molar-refractivity contribution >= 4 is 28.6 Å². The third-order valence-corrected chi connectivity index (χ3v) is 7.67. The van der Waals surface area contributed by atoms with Crippen molar-refractivity contribution in [3.63, 3.8) is 0 Å². The van der Waals surface area contributed by atoms with Gasteiger partial charge in [0, 0.05) is 11.1 Å². The van der Waals surface area contributed by atoms with E-state index in [0.29, 0.717) is 5.69 Å². The Morgan fingerprint density at radius 2 is 1.59 bits per heavy atom. The van der Waals surface area contributed by atoms with Gasteiger partial charge < -0.3 is 15.0 Å². The standard InChI is InChI=1S/C33H29FN4O3/c1-33(2)30(36-32(40)41-21-22-9-5-3-6-10-22)29(23-11-7-4-8-12-23)37(31(33)39)27-17-18-28-24(19-27)20-35-38(28)26-15-13-25(34)14-16-26/h3-20,29-30H,21H2,1-2H3,(H,36,40)/t29-,30-/m1/s1. The molecule has 1 aliphatic rings. The van der Waals surface area contributed by atoms with Crippen LogP contribution < -0.4 is 10.2 Å². The predicted octanol–water partition coefficient (Wildman–Crippen LogP) is 6.57. The first kappa shape index (κ1) is 26.3. The van der Waals surface area contributed by atoms with E-state index in [0.717, 1.165) is 27.7 Å². The van der Waals surface area contributed by atoms with Crippen LogP contribution in [-0.4, -0.2) is 27.8 Å². The minimum Gasteiger partial charge on any atom is -0.445 e. The average Bonchev–Trinajstić information content (AvgIpc) is 3.49. The molecule has 8 heteroatoms. The van der Waals surface area contributed by atoms with Gasteiger partial charge in [-0.3, -0.25) is 4.79 Å². The van der Waals surface area contributed by atoms with Gasteiger partial charge in [0.15, 0.2) is 0 Å². The van der Waals surface area contributed by atoms with Crippen LogP contribution in [-0.2, 0) is 16.1 Å². The number of carbonyl (C=O) groups is 2. The van der Waals surface area contributed by atoms with E-state index >= 15 is 0 Å². The van der Waals surface area contributed by atoms with Gasteiger partial charge in [-0.2, -0.15) is 5.10 Å². The summed E-state index contributed by atoms with van der Waals surface area (Å²) in [4.78, 5) is 28.8. The minimum absolute atomic E-state index is 0.120. The van der Waals surface area contributed by atoms with Crippen molar-refractivity contribution in [3.8, 4) is 5.69 Å². The Morgan fingerprint density at radius 3 is 2.29 bits per heavy atom. The summed E-state index contributed by atoms with van der Waals surface area (Å²) < 4.78 is 20.7. The molecule has 0 aliphatic carbocycles. The lowest BCUT2D eigenvalue weighted by Crippen LogP contribution is -2.46. The number of hydrogen-bond acceptors (Lipinski definition) is 4. The number of fused-ring (bicyclic) bond motifs is 1. The number of hydrogen-bond donors (Lipinski definition) is 1. The topological polar surface area (TPSA) is 76.5 Å². The molecule has 7 nitrogen and oxygen atoms in total. The molecule has 4 aromatic carbocycles. The van der Waals surface area contributed by atoms with Gasteiger partial charge in [0.05, 0.1) is 34.9 Å². The van der Waals surface area contributed by atoms with E-state index in [-0.39, 0.29) is 18.3 Å². The lowest BCUT2D eigenvalue weighted by atomic mass is 9.82. The molecule has 0 saturated carbocycles. The summed E-state index contributed by atoms with van der Waals surface area (Å²) in [6.45, 7) is 3.82. The monoisotopic (exact) mass is 548 g/mol. The number of rotatable bonds is 6. The van der Waals surface area contributed by atoms with Gasteiger partial charge in [0.25, 0.3) is 0 Å². The maximum atomic E-state index is 14.1. The molecule has 6 rings (SSSR count). The van der Waals surface area contributed by atoms with E-state index in [4.69, 9.17) is 4.74 Å². The van der Waals surface area contributed by atoms with Crippen molar-refractivity contribution in [3.05, 3.63) is 126 Å². The molecule has 0 bridgehead atoms. The molecule has 1 saturated heterocycles. The van der Waals surface area contributed by atoms with Crippen LogP contribution in [0.15, 0.2) is 109 Å². The van der Waals surface area contributed by atoms with Crippen LogP contribution in [0.3, 0.4) is 0 Å². The number of ether oxygens (including phenoxy) is 1. The molecule has 5 aromatic rings. The van der Waals surface area contributed by atoms with Crippen molar-refractivity contribution in [2.45, 2.75) is 32.5 Å². The summed E-state index contributed by atoms with van der Waals surface area (Å²) in [5.74, 6) is -0.438. The van der Waals surface area contributed by atoms with Crippen LogP contribution in [0.25, 0.3) is 16.6 Å². The molecule has 1 aromatic heterocycles. The number of alkyl carbamates (subject to hydrolysis) is 1. The number of carbonyl (C=O) groups excluding carboxylic acids is 2. The fraction of sp³-hybridized carbons (Fsp3) is 0.182. The van der Waals surface area contributed by atoms with E-state index in [1.807, 2.05) is 92.7 Å². The van der Waals surface area contributed by atoms with Crippen LogP contribution in [0.4, 0.5) is 14.9 Å². The van der Waals surface area contributed by atoms with Gasteiger partial charge in [-0.25, -0.2) is 13.9 Å². The normalized spacial score (nSPS) is 18.0. The van der Waals surface area contributed by atoms with Gasteiger partial charge in [0.1, 0.15) is 12.4 Å². The first-order valence-electron chi connectivity index (χ1n) is 13.4. The van der Waals surface area contributed by atoms with Crippen molar-refractivity contribution in [2.24, 2.45) is 5.41 Å². The van der Waals surface area contributed by atoms with Gasteiger partial charge in [-0.1, -0.05) is 60.7 Å². The number of halogens is 1. The zero-order chi connectivity index (χ0) is 28.6. The van der Waals surface area contributed by atoms with Crippen molar-refractivity contribution < 1.29 is 18.7 Å². The second-order valence-corrected chi connectivity index (χ2v) is 10.7. The highest BCUT2D eigenvalue weighted by atomic mass is 19.1. The molecule has 0 radical (unpaired) electrons. The Labute approximate surface area is 237 Å². The van der Waals surface area contributed by atoms with Crippen molar-refractivity contribution in [1.29, 1.82) is 0 Å². The van der Waals surface area contributed by atoms with Crippen LogP contribution in [0.2, 0.25) is 0 Å². The van der Waals surface area contributed by atoms with E-state index in [1.165, 1.54) is 12.1 Å². The Morgan fingerprint density at radius 1 is 0.927 bits per heavy atom. The molecule has 0 unspecified atom stereocenters. The van der Waals surface area contributed by atoms with Gasteiger partial charge in [-0.05, 0) is 67.4 Å². The highest BCUT2D eigenvalue weighted by Crippen LogP contribution is 2.47. The first-order chi connectivity index (χ1) is 19.8. The number of benzene rings is 4. The molecule has 206 valence electrons. The smallest absolute Gasteiger partial charge is 0.407 e. The van der Waals surface area contributed by atoms with Crippen LogP contribution >= 0.6 is 0 Å². The second-order valence-electron chi connectivity index (χ2n) is 10.7. The highest BCUT2D eigenvalue weighted by Gasteiger charge is 2.55. The number of aromatic nitrogens is 2. The Balaban J connectivity index is 1.34. The first-order valence-corrected chi connectivity index (χ1v) is 13.4. The highest BCUT2D eigenvalue weighted by molar-refractivity contribution is 6.03. The van der Waals surface area contributed by atoms with Crippen LogP contribution in [0, 0.1) is 11.2 Å². The SMILES string of the molecule is CC1(C)C(=O)N(c2ccc3c(cnn3-c3ccc(F)cc3)c2)[C@H](c2ccccc2)[C@H]1NC(=O)OCc1ccccc1. The third kappa shape index (κ3) is 4.93. The third-order valence-electron chi connectivity index (χ3n) is 7.67. The van der Waals surface area contributed by atoms with E-state index in [9.17, 15) is 14.0 Å². The molecule has 0 spiro atoms. The molecule has 2 amide bonds. The molecular formula is C33H29FN4O3. The van der Waals surface area contributed by atoms with Crippen molar-refractivity contribution in [1.82, 2.24) is 15.1 Å². The summed E-state index contributed by atoms with van der Waals surface area (Å²) in [5, 5.41) is 8.34. The predicted molar refractivity (Wildman–Crippen MR) is 155 cm³/mol. The fourth-order valence-corrected chi connectivity index (χ4v) is 5.49.